The van der Waals surface area contributed by atoms with Crippen LogP contribution in [0.1, 0.15) is 40.0 Å². The first-order valence-corrected chi connectivity index (χ1v) is 9.14. The van der Waals surface area contributed by atoms with Crippen LogP contribution in [0, 0.1) is 11.3 Å². The molecule has 0 spiro atoms. The lowest BCUT2D eigenvalue weighted by Gasteiger charge is -2.35. The molecule has 0 bridgehead atoms. The monoisotopic (exact) mass is 347 g/mol. The minimum absolute atomic E-state index is 0.0155. The van der Waals surface area contributed by atoms with Crippen molar-refractivity contribution in [1.29, 1.82) is 5.26 Å². The summed E-state index contributed by atoms with van der Waals surface area (Å²) in [6.45, 7) is 2.79. The molecule has 1 amide bonds. The number of anilines is 1. The van der Waals surface area contributed by atoms with Gasteiger partial charge in [-0.15, -0.1) is 5.10 Å². The average molecular weight is 347 g/mol. The minimum Gasteiger partial charge on any atom is -0.352 e. The van der Waals surface area contributed by atoms with Crippen LogP contribution < -0.4 is 4.90 Å². The summed E-state index contributed by atoms with van der Waals surface area (Å²) in [6, 6.07) is 11.2. The van der Waals surface area contributed by atoms with Crippen molar-refractivity contribution >= 4 is 11.7 Å². The molecule has 26 heavy (non-hydrogen) atoms. The predicted octanol–water partition coefficient (Wildman–Crippen LogP) is 2.19. The van der Waals surface area contributed by atoms with Crippen LogP contribution in [0.4, 0.5) is 5.82 Å². The first-order valence-electron chi connectivity index (χ1n) is 9.14. The Bertz CT molecular complexity index is 865. The zero-order chi connectivity index (χ0) is 17.9. The van der Waals surface area contributed by atoms with Gasteiger partial charge in [0.25, 0.3) is 5.91 Å². The van der Waals surface area contributed by atoms with Gasteiger partial charge in [-0.1, -0.05) is 6.07 Å². The summed E-state index contributed by atoms with van der Waals surface area (Å²) in [5, 5.41) is 17.8. The SMILES string of the molecule is N#Cc1cccc(C(=O)N2CCN(c3cc4c(nn3)CCCC4)CC2)c1. The van der Waals surface area contributed by atoms with Crippen LogP contribution in [0.15, 0.2) is 30.3 Å². The maximum absolute atomic E-state index is 12.7. The quantitative estimate of drug-likeness (QED) is 0.833. The van der Waals surface area contributed by atoms with E-state index in [-0.39, 0.29) is 5.91 Å². The third-order valence-corrected chi connectivity index (χ3v) is 5.19. The molecular formula is C20H21N5O. The van der Waals surface area contributed by atoms with Gasteiger partial charge in [0.1, 0.15) is 0 Å². The lowest BCUT2D eigenvalue weighted by molar-refractivity contribution is 0.0746. The van der Waals surface area contributed by atoms with Crippen LogP contribution >= 0.6 is 0 Å². The van der Waals surface area contributed by atoms with E-state index >= 15 is 0 Å². The van der Waals surface area contributed by atoms with E-state index in [0.29, 0.717) is 24.2 Å². The van der Waals surface area contributed by atoms with Gasteiger partial charge in [0.05, 0.1) is 17.3 Å². The molecule has 2 aromatic rings. The number of amides is 1. The molecule has 1 aromatic carbocycles. The van der Waals surface area contributed by atoms with Crippen molar-refractivity contribution < 1.29 is 4.79 Å². The number of carbonyl (C=O) groups is 1. The van der Waals surface area contributed by atoms with E-state index in [2.05, 4.69) is 27.2 Å². The van der Waals surface area contributed by atoms with Crippen LogP contribution in [0.2, 0.25) is 0 Å². The summed E-state index contributed by atoms with van der Waals surface area (Å²) in [4.78, 5) is 16.7. The van der Waals surface area contributed by atoms with Crippen LogP contribution in [-0.4, -0.2) is 47.2 Å². The Morgan fingerprint density at radius 1 is 1.04 bits per heavy atom. The normalized spacial score (nSPS) is 16.7. The number of aromatic nitrogens is 2. The van der Waals surface area contributed by atoms with E-state index in [1.807, 2.05) is 4.90 Å². The predicted molar refractivity (Wildman–Crippen MR) is 97.9 cm³/mol. The minimum atomic E-state index is -0.0155. The maximum Gasteiger partial charge on any atom is 0.254 e. The van der Waals surface area contributed by atoms with E-state index < -0.39 is 0 Å². The molecule has 4 rings (SSSR count). The second-order valence-corrected chi connectivity index (χ2v) is 6.85. The van der Waals surface area contributed by atoms with Crippen molar-refractivity contribution in [3.63, 3.8) is 0 Å². The number of nitriles is 1. The highest BCUT2D eigenvalue weighted by atomic mass is 16.2. The van der Waals surface area contributed by atoms with Crippen molar-refractivity contribution in [3.8, 4) is 6.07 Å². The molecule has 0 unspecified atom stereocenters. The fourth-order valence-electron chi connectivity index (χ4n) is 3.68. The van der Waals surface area contributed by atoms with Gasteiger partial charge in [-0.3, -0.25) is 4.79 Å². The molecule has 1 aromatic heterocycles. The second-order valence-electron chi connectivity index (χ2n) is 6.85. The van der Waals surface area contributed by atoms with Gasteiger partial charge in [-0.25, -0.2) is 0 Å². The maximum atomic E-state index is 12.7. The molecule has 0 N–H and O–H groups in total. The van der Waals surface area contributed by atoms with E-state index in [9.17, 15) is 4.79 Å². The van der Waals surface area contributed by atoms with Crippen LogP contribution in [-0.2, 0) is 12.8 Å². The van der Waals surface area contributed by atoms with Gasteiger partial charge < -0.3 is 9.80 Å². The summed E-state index contributed by atoms with van der Waals surface area (Å²) in [7, 11) is 0. The standard InChI is InChI=1S/C20H21N5O/c21-14-15-4-3-6-17(12-15)20(26)25-10-8-24(9-11-25)19-13-16-5-1-2-7-18(16)22-23-19/h3-4,6,12-13H,1-2,5,7-11H2. The van der Waals surface area contributed by atoms with Crippen LogP contribution in [0.25, 0.3) is 0 Å². The molecular weight excluding hydrogens is 326 g/mol. The summed E-state index contributed by atoms with van der Waals surface area (Å²) in [5.41, 5.74) is 3.56. The molecule has 1 aliphatic heterocycles. The third-order valence-electron chi connectivity index (χ3n) is 5.19. The van der Waals surface area contributed by atoms with Crippen molar-refractivity contribution in [2.45, 2.75) is 25.7 Å². The zero-order valence-electron chi connectivity index (χ0n) is 14.7. The van der Waals surface area contributed by atoms with Crippen molar-refractivity contribution in [2.75, 3.05) is 31.1 Å². The Balaban J connectivity index is 1.42. The average Bonchev–Trinajstić information content (AvgIpc) is 2.73. The number of rotatable bonds is 2. The van der Waals surface area contributed by atoms with Crippen molar-refractivity contribution in [2.24, 2.45) is 0 Å². The summed E-state index contributed by atoms with van der Waals surface area (Å²) >= 11 is 0. The highest BCUT2D eigenvalue weighted by Crippen LogP contribution is 2.23. The zero-order valence-corrected chi connectivity index (χ0v) is 14.7. The molecule has 1 saturated heterocycles. The number of hydrogen-bond acceptors (Lipinski definition) is 5. The Morgan fingerprint density at radius 3 is 2.65 bits per heavy atom. The number of carbonyl (C=O) groups excluding carboxylic acids is 1. The first-order chi connectivity index (χ1) is 12.7. The second kappa shape index (κ2) is 7.12. The summed E-state index contributed by atoms with van der Waals surface area (Å²) in [6.07, 6.45) is 4.55. The highest BCUT2D eigenvalue weighted by molar-refractivity contribution is 5.94. The molecule has 1 fully saturated rings. The molecule has 2 heterocycles. The Morgan fingerprint density at radius 2 is 1.85 bits per heavy atom. The van der Waals surface area contributed by atoms with Crippen LogP contribution in [0.3, 0.4) is 0 Å². The fraction of sp³-hybridized carbons (Fsp3) is 0.400. The molecule has 6 heteroatoms. The lowest BCUT2D eigenvalue weighted by atomic mass is 9.97. The molecule has 2 aliphatic rings. The van der Waals surface area contributed by atoms with E-state index in [4.69, 9.17) is 5.26 Å². The smallest absolute Gasteiger partial charge is 0.254 e. The number of benzene rings is 1. The largest absolute Gasteiger partial charge is 0.352 e. The Kier molecular flexibility index (Phi) is 4.53. The molecule has 6 nitrogen and oxygen atoms in total. The van der Waals surface area contributed by atoms with E-state index in [0.717, 1.165) is 37.4 Å². The number of fused-ring (bicyclic) bond motifs is 1. The molecule has 1 aliphatic carbocycles. The van der Waals surface area contributed by atoms with Gasteiger partial charge in [0.15, 0.2) is 5.82 Å². The Labute approximate surface area is 153 Å². The number of piperazine rings is 1. The number of aryl methyl sites for hydroxylation is 2. The van der Waals surface area contributed by atoms with Gasteiger partial charge in [0, 0.05) is 31.7 Å². The van der Waals surface area contributed by atoms with Crippen molar-refractivity contribution in [3.05, 3.63) is 52.7 Å². The number of nitrogens with zero attached hydrogens (tertiary/aromatic N) is 5. The highest BCUT2D eigenvalue weighted by Gasteiger charge is 2.24. The number of hydrogen-bond donors (Lipinski definition) is 0. The van der Waals surface area contributed by atoms with E-state index in [1.165, 1.54) is 18.4 Å². The molecule has 0 radical (unpaired) electrons. The lowest BCUT2D eigenvalue weighted by Crippen LogP contribution is -2.49. The first kappa shape index (κ1) is 16.5. The van der Waals surface area contributed by atoms with Crippen molar-refractivity contribution in [1.82, 2.24) is 15.1 Å². The summed E-state index contributed by atoms with van der Waals surface area (Å²) < 4.78 is 0. The van der Waals surface area contributed by atoms with Gasteiger partial charge in [-0.2, -0.15) is 10.4 Å². The molecule has 132 valence electrons. The van der Waals surface area contributed by atoms with Gasteiger partial charge in [0.2, 0.25) is 0 Å². The van der Waals surface area contributed by atoms with E-state index in [1.54, 1.807) is 24.3 Å². The topological polar surface area (TPSA) is 73.1 Å². The molecule has 0 saturated carbocycles. The summed E-state index contributed by atoms with van der Waals surface area (Å²) in [5.74, 6) is 0.905. The molecule has 0 atom stereocenters. The third kappa shape index (κ3) is 3.25. The van der Waals surface area contributed by atoms with Gasteiger partial charge >= 0.3 is 0 Å². The van der Waals surface area contributed by atoms with Crippen LogP contribution in [0.5, 0.6) is 0 Å². The Hall–Kier alpha value is -2.94. The van der Waals surface area contributed by atoms with Gasteiger partial charge in [-0.05, 0) is 55.5 Å². The fourth-order valence-corrected chi connectivity index (χ4v) is 3.68.